The number of benzene rings is 4. The molecule has 210 valence electrons. The Kier molecular flexibility index (Phi) is 8.21. The van der Waals surface area contributed by atoms with Gasteiger partial charge in [0.1, 0.15) is 6.04 Å². The Labute approximate surface area is 240 Å². The molecule has 0 spiro atoms. The number of amides is 1. The molecule has 4 aromatic rings. The molecule has 0 saturated carbocycles. The van der Waals surface area contributed by atoms with E-state index in [1.165, 1.54) is 17.0 Å². The number of rotatable bonds is 9. The number of carbonyl (C=O) groups excluding carboxylic acids is 2. The minimum absolute atomic E-state index is 0.128. The number of carbonyl (C=O) groups is 2. The molecule has 0 aromatic heterocycles. The monoisotopic (exact) mass is 568 g/mol. The molecule has 1 N–H and O–H groups in total. The zero-order valence-corrected chi connectivity index (χ0v) is 23.9. The van der Waals surface area contributed by atoms with Gasteiger partial charge in [0.2, 0.25) is 5.91 Å². The minimum Gasteiger partial charge on any atom is -0.469 e. The molecule has 1 aliphatic rings. The van der Waals surface area contributed by atoms with Crippen LogP contribution in [0.5, 0.6) is 0 Å². The van der Waals surface area contributed by atoms with E-state index >= 15 is 0 Å². The first kappa shape index (κ1) is 28.1. The Bertz CT molecular complexity index is 1660. The highest BCUT2D eigenvalue weighted by Crippen LogP contribution is 2.37. The molecular weight excluding hydrogens is 536 g/mol. The molecule has 0 unspecified atom stereocenters. The quantitative estimate of drug-likeness (QED) is 0.285. The summed E-state index contributed by atoms with van der Waals surface area (Å²) in [4.78, 5) is 25.1. The largest absolute Gasteiger partial charge is 0.469 e. The summed E-state index contributed by atoms with van der Waals surface area (Å²) in [5.41, 5.74) is 6.11. The van der Waals surface area contributed by atoms with E-state index in [1.54, 1.807) is 24.3 Å². The summed E-state index contributed by atoms with van der Waals surface area (Å²) in [7, 11) is -2.69. The fraction of sp³-hybridized carbons (Fsp3) is 0.212. The van der Waals surface area contributed by atoms with Crippen LogP contribution in [0.2, 0.25) is 0 Å². The molecule has 4 aromatic carbocycles. The average Bonchev–Trinajstić information content (AvgIpc) is 3.41. The van der Waals surface area contributed by atoms with Gasteiger partial charge in [0.15, 0.2) is 0 Å². The number of ether oxygens (including phenoxy) is 1. The number of nitrogens with one attached hydrogen (secondary N) is 1. The van der Waals surface area contributed by atoms with Crippen molar-refractivity contribution in [2.45, 2.75) is 43.7 Å². The highest BCUT2D eigenvalue weighted by atomic mass is 32.2. The third-order valence-electron chi connectivity index (χ3n) is 7.37. The third-order valence-corrected chi connectivity index (χ3v) is 9.21. The summed E-state index contributed by atoms with van der Waals surface area (Å²) >= 11 is 0. The van der Waals surface area contributed by atoms with Gasteiger partial charge in [-0.2, -0.15) is 0 Å². The minimum atomic E-state index is -4.03. The molecule has 0 radical (unpaired) electrons. The number of nitrogens with zero attached hydrogens (tertiary/aromatic N) is 1. The smallest absolute Gasteiger partial charge is 0.309 e. The van der Waals surface area contributed by atoms with E-state index < -0.39 is 16.1 Å². The van der Waals surface area contributed by atoms with Crippen molar-refractivity contribution >= 4 is 27.6 Å². The highest BCUT2D eigenvalue weighted by molar-refractivity contribution is 7.93. The van der Waals surface area contributed by atoms with Crippen molar-refractivity contribution in [3.8, 4) is 11.1 Å². The first-order chi connectivity index (χ1) is 19.8. The van der Waals surface area contributed by atoms with Crippen LogP contribution in [0.4, 0.5) is 5.69 Å². The van der Waals surface area contributed by atoms with Crippen molar-refractivity contribution in [1.82, 2.24) is 5.32 Å². The second-order valence-electron chi connectivity index (χ2n) is 10.0. The molecule has 1 aliphatic heterocycles. The molecular formula is C33H32N2O5S. The van der Waals surface area contributed by atoms with Crippen LogP contribution in [0.1, 0.15) is 29.2 Å². The SMILES string of the molecule is CCc1cccc(-c2ccc(S(=O)(=O)N3c4ccccc4C[C@H]3C(=O)NCc3ccc(CC(=O)OC)cc3)cc2)c1. The van der Waals surface area contributed by atoms with Gasteiger partial charge in [-0.25, -0.2) is 8.42 Å². The zero-order chi connectivity index (χ0) is 29.0. The van der Waals surface area contributed by atoms with Crippen molar-refractivity contribution in [2.75, 3.05) is 11.4 Å². The normalized spacial score (nSPS) is 14.4. The average molecular weight is 569 g/mol. The van der Waals surface area contributed by atoms with Crippen LogP contribution in [0.3, 0.4) is 0 Å². The van der Waals surface area contributed by atoms with Gasteiger partial charge >= 0.3 is 5.97 Å². The van der Waals surface area contributed by atoms with Crippen molar-refractivity contribution in [3.63, 3.8) is 0 Å². The predicted octanol–water partition coefficient (Wildman–Crippen LogP) is 5.07. The van der Waals surface area contributed by atoms with Crippen LogP contribution in [0.25, 0.3) is 11.1 Å². The molecule has 8 heteroatoms. The second-order valence-corrected chi connectivity index (χ2v) is 11.8. The number of sulfonamides is 1. The van der Waals surface area contributed by atoms with E-state index in [4.69, 9.17) is 4.74 Å². The van der Waals surface area contributed by atoms with Gasteiger partial charge in [0, 0.05) is 13.0 Å². The van der Waals surface area contributed by atoms with Crippen LogP contribution >= 0.6 is 0 Å². The Morgan fingerprint density at radius 1 is 0.854 bits per heavy atom. The van der Waals surface area contributed by atoms with Crippen molar-refractivity contribution < 1.29 is 22.7 Å². The van der Waals surface area contributed by atoms with E-state index in [9.17, 15) is 18.0 Å². The Morgan fingerprint density at radius 3 is 2.27 bits per heavy atom. The molecule has 1 amide bonds. The van der Waals surface area contributed by atoms with Gasteiger partial charge in [0.25, 0.3) is 10.0 Å². The molecule has 7 nitrogen and oxygen atoms in total. The number of hydrogen-bond acceptors (Lipinski definition) is 5. The van der Waals surface area contributed by atoms with Crippen LogP contribution in [0, 0.1) is 0 Å². The molecule has 0 bridgehead atoms. The molecule has 1 atom stereocenters. The van der Waals surface area contributed by atoms with E-state index in [2.05, 4.69) is 24.4 Å². The standard InChI is InChI=1S/C33H32N2O5S/c1-3-23-7-6-9-27(19-23)26-15-17-29(18-16-26)41(38,39)35-30-10-5-4-8-28(30)21-31(35)33(37)34-22-25-13-11-24(12-14-25)20-32(36)40-2/h4-19,31H,3,20-22H2,1-2H3,(H,34,37)/t31-/m0/s1. The summed E-state index contributed by atoms with van der Waals surface area (Å²) in [6.07, 6.45) is 1.36. The summed E-state index contributed by atoms with van der Waals surface area (Å²) in [5, 5.41) is 2.91. The third kappa shape index (κ3) is 6.02. The zero-order valence-electron chi connectivity index (χ0n) is 23.0. The number of methoxy groups -OCH3 is 1. The van der Waals surface area contributed by atoms with Gasteiger partial charge in [0.05, 0.1) is 24.1 Å². The summed E-state index contributed by atoms with van der Waals surface area (Å²) in [6.45, 7) is 2.32. The molecule has 0 fully saturated rings. The fourth-order valence-corrected chi connectivity index (χ4v) is 6.73. The van der Waals surface area contributed by atoms with Crippen molar-refractivity contribution in [2.24, 2.45) is 0 Å². The fourth-order valence-electron chi connectivity index (χ4n) is 5.08. The van der Waals surface area contributed by atoms with Gasteiger partial charge in [-0.05, 0) is 58.0 Å². The summed E-state index contributed by atoms with van der Waals surface area (Å²) in [5.74, 6) is -0.704. The first-order valence-corrected chi connectivity index (χ1v) is 15.0. The highest BCUT2D eigenvalue weighted by Gasteiger charge is 2.42. The summed E-state index contributed by atoms with van der Waals surface area (Å²) in [6, 6.07) is 28.6. The number of esters is 1. The number of anilines is 1. The maximum atomic E-state index is 14.0. The van der Waals surface area contributed by atoms with Crippen LogP contribution in [0.15, 0.2) is 102 Å². The van der Waals surface area contributed by atoms with Gasteiger partial charge in [-0.1, -0.05) is 85.8 Å². The Hall–Kier alpha value is -4.43. The van der Waals surface area contributed by atoms with E-state index in [0.717, 1.165) is 34.2 Å². The van der Waals surface area contributed by atoms with Gasteiger partial charge < -0.3 is 10.1 Å². The van der Waals surface area contributed by atoms with E-state index in [-0.39, 0.29) is 36.2 Å². The van der Waals surface area contributed by atoms with E-state index in [0.29, 0.717) is 5.69 Å². The van der Waals surface area contributed by atoms with Crippen LogP contribution < -0.4 is 9.62 Å². The topological polar surface area (TPSA) is 92.8 Å². The lowest BCUT2D eigenvalue weighted by molar-refractivity contribution is -0.139. The predicted molar refractivity (Wildman–Crippen MR) is 159 cm³/mol. The molecule has 5 rings (SSSR count). The van der Waals surface area contributed by atoms with Crippen LogP contribution in [-0.2, 0) is 50.2 Å². The molecule has 0 saturated heterocycles. The molecule has 41 heavy (non-hydrogen) atoms. The lowest BCUT2D eigenvalue weighted by Crippen LogP contribution is -2.47. The van der Waals surface area contributed by atoms with Crippen molar-refractivity contribution in [3.05, 3.63) is 119 Å². The van der Waals surface area contributed by atoms with Gasteiger partial charge in [-0.3, -0.25) is 13.9 Å². The Balaban J connectivity index is 1.36. The maximum absolute atomic E-state index is 14.0. The lowest BCUT2D eigenvalue weighted by Gasteiger charge is -2.26. The number of para-hydroxylation sites is 1. The lowest BCUT2D eigenvalue weighted by atomic mass is 10.0. The van der Waals surface area contributed by atoms with Crippen molar-refractivity contribution in [1.29, 1.82) is 0 Å². The molecule has 1 heterocycles. The summed E-state index contributed by atoms with van der Waals surface area (Å²) < 4.78 is 33.9. The maximum Gasteiger partial charge on any atom is 0.309 e. The second kappa shape index (κ2) is 12.0. The number of hydrogen-bond donors (Lipinski definition) is 1. The number of fused-ring (bicyclic) bond motifs is 1. The molecule has 0 aliphatic carbocycles. The van der Waals surface area contributed by atoms with E-state index in [1.807, 2.05) is 60.7 Å². The van der Waals surface area contributed by atoms with Gasteiger partial charge in [-0.15, -0.1) is 0 Å². The van der Waals surface area contributed by atoms with Crippen LogP contribution in [-0.4, -0.2) is 33.4 Å². The Morgan fingerprint density at radius 2 is 1.56 bits per heavy atom. The number of aryl methyl sites for hydroxylation is 1. The first-order valence-electron chi connectivity index (χ1n) is 13.5.